The molecule has 2 N–H and O–H groups in total. The summed E-state index contributed by atoms with van der Waals surface area (Å²) in [6.07, 6.45) is 2.86. The van der Waals surface area contributed by atoms with Crippen LogP contribution in [-0.2, 0) is 0 Å². The zero-order valence-corrected chi connectivity index (χ0v) is 11.3. The average molecular weight is 271 g/mol. The van der Waals surface area contributed by atoms with Gasteiger partial charge in [0.1, 0.15) is 5.82 Å². The van der Waals surface area contributed by atoms with Gasteiger partial charge < -0.3 is 20.1 Å². The molecular weight excluding hydrogens is 254 g/mol. The topological polar surface area (TPSA) is 55.4 Å². The highest BCUT2D eigenvalue weighted by atomic mass is 16.7. The summed E-state index contributed by atoms with van der Waals surface area (Å²) in [6, 6.07) is 9.72. The van der Waals surface area contributed by atoms with Crippen LogP contribution in [-0.4, -0.2) is 18.3 Å². The summed E-state index contributed by atoms with van der Waals surface area (Å²) in [5, 5.41) is 6.60. The number of pyridine rings is 1. The summed E-state index contributed by atoms with van der Waals surface area (Å²) in [5.41, 5.74) is 1.94. The van der Waals surface area contributed by atoms with E-state index in [1.165, 1.54) is 0 Å². The van der Waals surface area contributed by atoms with Crippen LogP contribution in [0.2, 0.25) is 0 Å². The standard InChI is InChI=1S/C15H17N3O2/c1-2-6-16-15-9-12(5-7-17-15)18-11-3-4-13-14(8-11)20-10-19-13/h3-5,7-9H,2,6,10H2,1H3,(H2,16,17,18). The van der Waals surface area contributed by atoms with Gasteiger partial charge in [0.05, 0.1) is 0 Å². The minimum Gasteiger partial charge on any atom is -0.454 e. The maximum atomic E-state index is 5.37. The fraction of sp³-hybridized carbons (Fsp3) is 0.267. The van der Waals surface area contributed by atoms with Crippen LogP contribution >= 0.6 is 0 Å². The molecule has 5 nitrogen and oxygen atoms in total. The van der Waals surface area contributed by atoms with Gasteiger partial charge >= 0.3 is 0 Å². The second kappa shape index (κ2) is 5.69. The smallest absolute Gasteiger partial charge is 0.231 e. The average Bonchev–Trinajstić information content (AvgIpc) is 2.93. The highest BCUT2D eigenvalue weighted by Gasteiger charge is 2.13. The van der Waals surface area contributed by atoms with Crippen molar-refractivity contribution in [3.63, 3.8) is 0 Å². The van der Waals surface area contributed by atoms with Crippen molar-refractivity contribution in [1.29, 1.82) is 0 Å². The predicted octanol–water partition coefficient (Wildman–Crippen LogP) is 3.38. The number of fused-ring (bicyclic) bond motifs is 1. The van der Waals surface area contributed by atoms with Gasteiger partial charge in [-0.25, -0.2) is 4.98 Å². The maximum absolute atomic E-state index is 5.37. The second-order valence-corrected chi connectivity index (χ2v) is 4.55. The van der Waals surface area contributed by atoms with E-state index in [9.17, 15) is 0 Å². The van der Waals surface area contributed by atoms with Crippen molar-refractivity contribution in [3.8, 4) is 11.5 Å². The molecule has 0 aliphatic carbocycles. The van der Waals surface area contributed by atoms with Gasteiger partial charge in [0.25, 0.3) is 0 Å². The lowest BCUT2D eigenvalue weighted by Crippen LogP contribution is -2.02. The molecule has 104 valence electrons. The van der Waals surface area contributed by atoms with E-state index in [-0.39, 0.29) is 0 Å². The molecule has 20 heavy (non-hydrogen) atoms. The zero-order valence-electron chi connectivity index (χ0n) is 11.3. The number of nitrogens with one attached hydrogen (secondary N) is 2. The Labute approximate surface area is 117 Å². The summed E-state index contributed by atoms with van der Waals surface area (Å²) in [4.78, 5) is 4.28. The Bertz CT molecular complexity index is 601. The SMILES string of the molecule is CCCNc1cc(Nc2ccc3c(c2)OCO3)ccn1. The Morgan fingerprint density at radius 2 is 1.95 bits per heavy atom. The molecule has 0 spiro atoms. The Morgan fingerprint density at radius 3 is 2.85 bits per heavy atom. The molecule has 0 amide bonds. The van der Waals surface area contributed by atoms with Crippen molar-refractivity contribution in [2.24, 2.45) is 0 Å². The van der Waals surface area contributed by atoms with Crippen LogP contribution in [0.25, 0.3) is 0 Å². The van der Waals surface area contributed by atoms with Crippen LogP contribution in [0.15, 0.2) is 36.5 Å². The summed E-state index contributed by atoms with van der Waals surface area (Å²) < 4.78 is 10.7. The molecule has 0 radical (unpaired) electrons. The molecule has 2 heterocycles. The molecule has 1 aromatic carbocycles. The molecule has 0 bridgehead atoms. The molecule has 0 fully saturated rings. The zero-order chi connectivity index (χ0) is 13.8. The van der Waals surface area contributed by atoms with Crippen molar-refractivity contribution >= 4 is 17.2 Å². The lowest BCUT2D eigenvalue weighted by Gasteiger charge is -2.09. The predicted molar refractivity (Wildman–Crippen MR) is 78.9 cm³/mol. The van der Waals surface area contributed by atoms with E-state index >= 15 is 0 Å². The van der Waals surface area contributed by atoms with Crippen LogP contribution in [0.1, 0.15) is 13.3 Å². The lowest BCUT2D eigenvalue weighted by molar-refractivity contribution is 0.174. The highest BCUT2D eigenvalue weighted by molar-refractivity contribution is 5.65. The van der Waals surface area contributed by atoms with Gasteiger partial charge in [-0.1, -0.05) is 6.92 Å². The molecule has 0 atom stereocenters. The fourth-order valence-electron chi connectivity index (χ4n) is 2.00. The van der Waals surface area contributed by atoms with Crippen LogP contribution in [0.3, 0.4) is 0 Å². The molecule has 2 aromatic rings. The van der Waals surface area contributed by atoms with Crippen LogP contribution in [0, 0.1) is 0 Å². The first-order chi connectivity index (χ1) is 9.85. The summed E-state index contributed by atoms with van der Waals surface area (Å²) in [6.45, 7) is 3.33. The summed E-state index contributed by atoms with van der Waals surface area (Å²) in [5.74, 6) is 2.43. The Balaban J connectivity index is 1.74. The number of ether oxygens (including phenoxy) is 2. The number of rotatable bonds is 5. The van der Waals surface area contributed by atoms with Gasteiger partial charge in [-0.2, -0.15) is 0 Å². The molecule has 1 aromatic heterocycles. The molecule has 1 aliphatic rings. The Hall–Kier alpha value is -2.43. The van der Waals surface area contributed by atoms with Gasteiger partial charge in [0.15, 0.2) is 11.5 Å². The molecule has 5 heteroatoms. The van der Waals surface area contributed by atoms with Crippen molar-refractivity contribution < 1.29 is 9.47 Å². The molecule has 0 unspecified atom stereocenters. The van der Waals surface area contributed by atoms with E-state index in [1.54, 1.807) is 6.20 Å². The fourth-order valence-corrected chi connectivity index (χ4v) is 2.00. The maximum Gasteiger partial charge on any atom is 0.231 e. The molecule has 0 saturated heterocycles. The summed E-state index contributed by atoms with van der Waals surface area (Å²) in [7, 11) is 0. The number of hydrogen-bond acceptors (Lipinski definition) is 5. The number of nitrogens with zero attached hydrogens (tertiary/aromatic N) is 1. The van der Waals surface area contributed by atoms with Gasteiger partial charge in [-0.05, 0) is 24.6 Å². The van der Waals surface area contributed by atoms with E-state index in [1.807, 2.05) is 30.3 Å². The molecule has 0 saturated carbocycles. The van der Waals surface area contributed by atoms with Gasteiger partial charge in [-0.15, -0.1) is 0 Å². The van der Waals surface area contributed by atoms with Crippen LogP contribution in [0.5, 0.6) is 11.5 Å². The van der Waals surface area contributed by atoms with E-state index in [4.69, 9.17) is 9.47 Å². The first-order valence-corrected chi connectivity index (χ1v) is 6.72. The quantitative estimate of drug-likeness (QED) is 0.873. The van der Waals surface area contributed by atoms with E-state index in [2.05, 4.69) is 22.5 Å². The molecular formula is C15H17N3O2. The minimum absolute atomic E-state index is 0.291. The first-order valence-electron chi connectivity index (χ1n) is 6.72. The number of aromatic nitrogens is 1. The lowest BCUT2D eigenvalue weighted by atomic mass is 10.2. The van der Waals surface area contributed by atoms with Crippen molar-refractivity contribution in [3.05, 3.63) is 36.5 Å². The summed E-state index contributed by atoms with van der Waals surface area (Å²) >= 11 is 0. The minimum atomic E-state index is 0.291. The third-order valence-electron chi connectivity index (χ3n) is 2.98. The van der Waals surface area contributed by atoms with Crippen LogP contribution in [0.4, 0.5) is 17.2 Å². The van der Waals surface area contributed by atoms with Crippen molar-refractivity contribution in [2.75, 3.05) is 24.0 Å². The van der Waals surface area contributed by atoms with Crippen LogP contribution < -0.4 is 20.1 Å². The Kier molecular flexibility index (Phi) is 3.58. The van der Waals surface area contributed by atoms with Gasteiger partial charge in [-0.3, -0.25) is 0 Å². The van der Waals surface area contributed by atoms with Crippen molar-refractivity contribution in [2.45, 2.75) is 13.3 Å². The Morgan fingerprint density at radius 1 is 1.10 bits per heavy atom. The van der Waals surface area contributed by atoms with Gasteiger partial charge in [0.2, 0.25) is 6.79 Å². The van der Waals surface area contributed by atoms with E-state index in [0.717, 1.165) is 41.7 Å². The first kappa shape index (κ1) is 12.6. The monoisotopic (exact) mass is 271 g/mol. The third kappa shape index (κ3) is 2.77. The molecule has 3 rings (SSSR count). The van der Waals surface area contributed by atoms with E-state index in [0.29, 0.717) is 6.79 Å². The van der Waals surface area contributed by atoms with Gasteiger partial charge in [0, 0.05) is 36.2 Å². The largest absolute Gasteiger partial charge is 0.454 e. The second-order valence-electron chi connectivity index (χ2n) is 4.55. The number of anilines is 3. The number of benzene rings is 1. The third-order valence-corrected chi connectivity index (χ3v) is 2.98. The molecule has 1 aliphatic heterocycles. The normalized spacial score (nSPS) is 12.2. The highest BCUT2D eigenvalue weighted by Crippen LogP contribution is 2.35. The van der Waals surface area contributed by atoms with E-state index < -0.39 is 0 Å². The number of hydrogen-bond donors (Lipinski definition) is 2. The van der Waals surface area contributed by atoms with Crippen molar-refractivity contribution in [1.82, 2.24) is 4.98 Å².